The van der Waals surface area contributed by atoms with Gasteiger partial charge < -0.3 is 9.64 Å². The minimum atomic E-state index is -3.68. The summed E-state index contributed by atoms with van der Waals surface area (Å²) in [6, 6.07) is 6.61. The van der Waals surface area contributed by atoms with Gasteiger partial charge in [-0.1, -0.05) is 0 Å². The number of hydrogen-bond acceptors (Lipinski definition) is 5. The molecule has 1 aliphatic heterocycles. The Morgan fingerprint density at radius 2 is 2.15 bits per heavy atom. The number of nitrogens with one attached hydrogen (secondary N) is 1. The molecule has 1 amide bonds. The van der Waals surface area contributed by atoms with E-state index >= 15 is 0 Å². The maximum absolute atomic E-state index is 12.7. The minimum absolute atomic E-state index is 0.149. The highest BCUT2D eigenvalue weighted by Gasteiger charge is 2.21. The molecule has 0 radical (unpaired) electrons. The fourth-order valence-electron chi connectivity index (χ4n) is 3.12. The molecule has 3 rings (SSSR count). The van der Waals surface area contributed by atoms with Crippen LogP contribution in [0.1, 0.15) is 26.2 Å². The number of carbonyl (C=O) groups excluding carboxylic acids is 1. The molecule has 140 valence electrons. The van der Waals surface area contributed by atoms with Gasteiger partial charge in [0, 0.05) is 37.6 Å². The lowest BCUT2D eigenvalue weighted by Crippen LogP contribution is -2.30. The van der Waals surface area contributed by atoms with E-state index in [1.54, 1.807) is 35.4 Å². The molecule has 0 bridgehead atoms. The van der Waals surface area contributed by atoms with Gasteiger partial charge in [-0.15, -0.1) is 0 Å². The molecule has 2 aromatic rings. The number of aromatic nitrogens is 1. The smallest absolute Gasteiger partial charge is 0.241 e. The van der Waals surface area contributed by atoms with Crippen molar-refractivity contribution in [2.45, 2.75) is 31.1 Å². The second-order valence-electron chi connectivity index (χ2n) is 6.13. The Bertz CT molecular complexity index is 898. The first-order valence-corrected chi connectivity index (χ1v) is 10.3. The monoisotopic (exact) mass is 377 g/mol. The summed E-state index contributed by atoms with van der Waals surface area (Å²) in [5.74, 6) is 0.714. The zero-order valence-corrected chi connectivity index (χ0v) is 15.6. The van der Waals surface area contributed by atoms with Crippen LogP contribution in [0.4, 0.5) is 0 Å². The summed E-state index contributed by atoms with van der Waals surface area (Å²) >= 11 is 0. The zero-order chi connectivity index (χ0) is 18.6. The quantitative estimate of drug-likeness (QED) is 0.710. The molecule has 1 saturated heterocycles. The highest BCUT2D eigenvalue weighted by atomic mass is 32.2. The lowest BCUT2D eigenvalue weighted by molar-refractivity contribution is -0.127. The summed E-state index contributed by atoms with van der Waals surface area (Å²) in [6.07, 6.45) is 3.67. The standard InChI is InChI=1S/C18H23N3O4S/c1-2-25-15-8-9-16(14-6-3-10-19-18(14)15)26(23,24)20-11-5-13-21-12-4-7-17(21)22/h3,6,8-10,20H,2,4-5,7,11-13H2,1H3. The Morgan fingerprint density at radius 1 is 1.31 bits per heavy atom. The summed E-state index contributed by atoms with van der Waals surface area (Å²) in [6.45, 7) is 3.96. The van der Waals surface area contributed by atoms with Crippen molar-refractivity contribution in [3.8, 4) is 5.75 Å². The Labute approximate surface area is 153 Å². The van der Waals surface area contributed by atoms with E-state index in [0.29, 0.717) is 42.6 Å². The Morgan fingerprint density at radius 3 is 2.88 bits per heavy atom. The fraction of sp³-hybridized carbons (Fsp3) is 0.444. The van der Waals surface area contributed by atoms with Crippen molar-refractivity contribution in [1.82, 2.24) is 14.6 Å². The minimum Gasteiger partial charge on any atom is -0.492 e. The number of nitrogens with zero attached hydrogens (tertiary/aromatic N) is 2. The van der Waals surface area contributed by atoms with Crippen LogP contribution in [-0.2, 0) is 14.8 Å². The third kappa shape index (κ3) is 3.96. The van der Waals surface area contributed by atoms with Crippen LogP contribution in [0.25, 0.3) is 10.9 Å². The highest BCUT2D eigenvalue weighted by Crippen LogP contribution is 2.29. The fourth-order valence-corrected chi connectivity index (χ4v) is 4.39. The first-order valence-electron chi connectivity index (χ1n) is 8.81. The number of hydrogen-bond donors (Lipinski definition) is 1. The molecule has 2 heterocycles. The number of carbonyl (C=O) groups is 1. The topological polar surface area (TPSA) is 88.6 Å². The zero-order valence-electron chi connectivity index (χ0n) is 14.8. The average Bonchev–Trinajstić information content (AvgIpc) is 3.04. The van der Waals surface area contributed by atoms with Crippen molar-refractivity contribution in [1.29, 1.82) is 0 Å². The molecule has 1 fully saturated rings. The third-order valence-corrected chi connectivity index (χ3v) is 5.87. The number of likely N-dealkylation sites (tertiary alicyclic amines) is 1. The molecular weight excluding hydrogens is 354 g/mol. The summed E-state index contributed by atoms with van der Waals surface area (Å²) in [5.41, 5.74) is 0.528. The SMILES string of the molecule is CCOc1ccc(S(=O)(=O)NCCCN2CCCC2=O)c2cccnc12. The lowest BCUT2D eigenvalue weighted by Gasteiger charge is -2.16. The largest absolute Gasteiger partial charge is 0.492 e. The number of fused-ring (bicyclic) bond motifs is 1. The van der Waals surface area contributed by atoms with E-state index in [1.165, 1.54) is 0 Å². The van der Waals surface area contributed by atoms with E-state index in [-0.39, 0.29) is 17.3 Å². The molecule has 1 aromatic heterocycles. The first kappa shape index (κ1) is 18.6. The van der Waals surface area contributed by atoms with Gasteiger partial charge >= 0.3 is 0 Å². The highest BCUT2D eigenvalue weighted by molar-refractivity contribution is 7.89. The van der Waals surface area contributed by atoms with Gasteiger partial charge in [-0.25, -0.2) is 13.1 Å². The summed E-state index contributed by atoms with van der Waals surface area (Å²) in [4.78, 5) is 17.8. The van der Waals surface area contributed by atoms with Crippen LogP contribution in [0.3, 0.4) is 0 Å². The summed E-state index contributed by atoms with van der Waals surface area (Å²) in [7, 11) is -3.68. The van der Waals surface area contributed by atoms with Crippen LogP contribution in [0.2, 0.25) is 0 Å². The second kappa shape index (κ2) is 8.01. The van der Waals surface area contributed by atoms with Crippen LogP contribution >= 0.6 is 0 Å². The van der Waals surface area contributed by atoms with Gasteiger partial charge in [-0.3, -0.25) is 9.78 Å². The molecular formula is C18H23N3O4S. The van der Waals surface area contributed by atoms with Crippen molar-refractivity contribution in [3.63, 3.8) is 0 Å². The molecule has 26 heavy (non-hydrogen) atoms. The lowest BCUT2D eigenvalue weighted by atomic mass is 10.2. The maximum Gasteiger partial charge on any atom is 0.241 e. The molecule has 0 saturated carbocycles. The number of benzene rings is 1. The van der Waals surface area contributed by atoms with Crippen LogP contribution in [0.15, 0.2) is 35.4 Å². The van der Waals surface area contributed by atoms with E-state index in [2.05, 4.69) is 9.71 Å². The van der Waals surface area contributed by atoms with Crippen molar-refractivity contribution < 1.29 is 17.9 Å². The number of rotatable bonds is 8. The van der Waals surface area contributed by atoms with Crippen molar-refractivity contribution in [3.05, 3.63) is 30.5 Å². The van der Waals surface area contributed by atoms with E-state index < -0.39 is 10.0 Å². The molecule has 0 atom stereocenters. The molecule has 8 heteroatoms. The van der Waals surface area contributed by atoms with Gasteiger partial charge in [0.2, 0.25) is 15.9 Å². The Balaban J connectivity index is 1.72. The van der Waals surface area contributed by atoms with Gasteiger partial charge in [0.1, 0.15) is 11.3 Å². The molecule has 1 N–H and O–H groups in total. The molecule has 0 aliphatic carbocycles. The van der Waals surface area contributed by atoms with Crippen LogP contribution in [0, 0.1) is 0 Å². The van der Waals surface area contributed by atoms with Gasteiger partial charge in [0.25, 0.3) is 0 Å². The van der Waals surface area contributed by atoms with Gasteiger partial charge in [-0.2, -0.15) is 0 Å². The maximum atomic E-state index is 12.7. The number of amides is 1. The van der Waals surface area contributed by atoms with E-state index in [0.717, 1.165) is 13.0 Å². The second-order valence-corrected chi connectivity index (χ2v) is 7.87. The normalized spacial score (nSPS) is 15.0. The predicted molar refractivity (Wildman–Crippen MR) is 98.5 cm³/mol. The molecule has 1 aliphatic rings. The van der Waals surface area contributed by atoms with Crippen LogP contribution in [-0.4, -0.2) is 50.5 Å². The summed E-state index contributed by atoms with van der Waals surface area (Å²) < 4.78 is 33.6. The summed E-state index contributed by atoms with van der Waals surface area (Å²) in [5, 5.41) is 0.528. The number of sulfonamides is 1. The third-order valence-electron chi connectivity index (χ3n) is 4.35. The number of ether oxygens (including phenoxy) is 1. The van der Waals surface area contributed by atoms with Gasteiger partial charge in [-0.05, 0) is 44.0 Å². The van der Waals surface area contributed by atoms with Crippen LogP contribution < -0.4 is 9.46 Å². The van der Waals surface area contributed by atoms with Crippen LogP contribution in [0.5, 0.6) is 5.75 Å². The molecule has 0 spiro atoms. The molecule has 7 nitrogen and oxygen atoms in total. The Kier molecular flexibility index (Phi) is 5.73. The van der Waals surface area contributed by atoms with Gasteiger partial charge in [0.15, 0.2) is 0 Å². The Hall–Kier alpha value is -2.19. The number of pyridine rings is 1. The van der Waals surface area contributed by atoms with E-state index in [1.807, 2.05) is 6.92 Å². The predicted octanol–water partition coefficient (Wildman–Crippen LogP) is 1.92. The molecule has 1 aromatic carbocycles. The van der Waals surface area contributed by atoms with Crippen molar-refractivity contribution in [2.24, 2.45) is 0 Å². The first-order chi connectivity index (χ1) is 12.5. The van der Waals surface area contributed by atoms with Gasteiger partial charge in [0.05, 0.1) is 11.5 Å². The van der Waals surface area contributed by atoms with Crippen molar-refractivity contribution >= 4 is 26.8 Å². The average molecular weight is 377 g/mol. The van der Waals surface area contributed by atoms with Crippen molar-refractivity contribution in [2.75, 3.05) is 26.2 Å². The molecule has 0 unspecified atom stereocenters. The van der Waals surface area contributed by atoms with E-state index in [9.17, 15) is 13.2 Å². The van der Waals surface area contributed by atoms with E-state index in [4.69, 9.17) is 4.74 Å².